The molecule has 0 amide bonds. The van der Waals surface area contributed by atoms with E-state index in [2.05, 4.69) is 31.1 Å². The van der Waals surface area contributed by atoms with Crippen LogP contribution in [-0.2, 0) is 0 Å². The molecule has 0 aromatic rings. The van der Waals surface area contributed by atoms with Gasteiger partial charge < -0.3 is 15.3 Å². The van der Waals surface area contributed by atoms with Crippen molar-refractivity contribution in [2.75, 3.05) is 26.7 Å². The molecule has 0 aromatic carbocycles. The Labute approximate surface area is 87.5 Å². The van der Waals surface area contributed by atoms with E-state index in [1.165, 1.54) is 6.42 Å². The number of rotatable bonds is 3. The van der Waals surface area contributed by atoms with Crippen LogP contribution in [0, 0.1) is 0 Å². The van der Waals surface area contributed by atoms with Gasteiger partial charge in [-0.3, -0.25) is 0 Å². The molecule has 1 atom stereocenters. The van der Waals surface area contributed by atoms with Crippen molar-refractivity contribution in [3.63, 3.8) is 0 Å². The molecule has 0 aromatic heterocycles. The molecule has 3 heteroatoms. The Morgan fingerprint density at radius 3 is 2.64 bits per heavy atom. The summed E-state index contributed by atoms with van der Waals surface area (Å²) in [5.74, 6) is 0. The minimum absolute atomic E-state index is 0.0288. The lowest BCUT2D eigenvalue weighted by Gasteiger charge is -2.34. The van der Waals surface area contributed by atoms with Crippen LogP contribution < -0.4 is 5.32 Å². The average Bonchev–Trinajstić information content (AvgIpc) is 2.29. The largest absolute Gasteiger partial charge is 0.394 e. The second-order valence-corrected chi connectivity index (χ2v) is 4.89. The van der Waals surface area contributed by atoms with E-state index in [0.717, 1.165) is 25.9 Å². The molecule has 14 heavy (non-hydrogen) atoms. The summed E-state index contributed by atoms with van der Waals surface area (Å²) in [6.07, 6.45) is 3.32. The van der Waals surface area contributed by atoms with Crippen molar-refractivity contribution in [1.82, 2.24) is 10.2 Å². The lowest BCUT2D eigenvalue weighted by atomic mass is 9.90. The highest BCUT2D eigenvalue weighted by atomic mass is 16.3. The lowest BCUT2D eigenvalue weighted by Crippen LogP contribution is -2.51. The number of nitrogens with one attached hydrogen (secondary N) is 1. The molecular weight excluding hydrogens is 176 g/mol. The van der Waals surface area contributed by atoms with Crippen LogP contribution in [0.2, 0.25) is 0 Å². The standard InChI is InChI=1S/C11H24N2O/c1-10(2)12-11(9-14)5-4-7-13(3)8-6-11/h10,12,14H,4-9H2,1-3H3. The minimum Gasteiger partial charge on any atom is -0.394 e. The number of hydrogen-bond donors (Lipinski definition) is 2. The van der Waals surface area contributed by atoms with Gasteiger partial charge in [0.2, 0.25) is 0 Å². The summed E-state index contributed by atoms with van der Waals surface area (Å²) in [5.41, 5.74) is -0.0288. The molecule has 1 fully saturated rings. The molecular formula is C11H24N2O. The van der Waals surface area contributed by atoms with Crippen molar-refractivity contribution >= 4 is 0 Å². The van der Waals surface area contributed by atoms with E-state index < -0.39 is 0 Å². The van der Waals surface area contributed by atoms with E-state index in [1.807, 2.05) is 0 Å². The number of likely N-dealkylation sites (tertiary alicyclic amines) is 1. The van der Waals surface area contributed by atoms with Gasteiger partial charge in [0.15, 0.2) is 0 Å². The molecule has 0 aliphatic carbocycles. The van der Waals surface area contributed by atoms with Crippen LogP contribution in [0.3, 0.4) is 0 Å². The van der Waals surface area contributed by atoms with Crippen LogP contribution in [0.4, 0.5) is 0 Å². The third kappa shape index (κ3) is 3.23. The van der Waals surface area contributed by atoms with Gasteiger partial charge in [-0.05, 0) is 39.4 Å². The second kappa shape index (κ2) is 5.10. The molecule has 3 nitrogen and oxygen atoms in total. The summed E-state index contributed by atoms with van der Waals surface area (Å²) in [6.45, 7) is 6.79. The van der Waals surface area contributed by atoms with Gasteiger partial charge in [-0.15, -0.1) is 0 Å². The van der Waals surface area contributed by atoms with Crippen LogP contribution in [0.5, 0.6) is 0 Å². The van der Waals surface area contributed by atoms with Gasteiger partial charge in [-0.25, -0.2) is 0 Å². The van der Waals surface area contributed by atoms with E-state index in [4.69, 9.17) is 0 Å². The Bertz CT molecular complexity index is 173. The zero-order chi connectivity index (χ0) is 10.6. The van der Waals surface area contributed by atoms with Crippen LogP contribution in [-0.4, -0.2) is 48.3 Å². The SMILES string of the molecule is CC(C)NC1(CO)CCCN(C)CC1. The molecule has 84 valence electrons. The van der Waals surface area contributed by atoms with Gasteiger partial charge in [0.1, 0.15) is 0 Å². The van der Waals surface area contributed by atoms with Crippen LogP contribution >= 0.6 is 0 Å². The lowest BCUT2D eigenvalue weighted by molar-refractivity contribution is 0.135. The molecule has 0 saturated carbocycles. The number of nitrogens with zero attached hydrogens (tertiary/aromatic N) is 1. The molecule has 1 rings (SSSR count). The van der Waals surface area contributed by atoms with Gasteiger partial charge in [0.25, 0.3) is 0 Å². The Balaban J connectivity index is 2.58. The molecule has 0 spiro atoms. The predicted octanol–water partition coefficient (Wildman–Crippen LogP) is 0.831. The first kappa shape index (κ1) is 12.0. The van der Waals surface area contributed by atoms with Crippen LogP contribution in [0.15, 0.2) is 0 Å². The monoisotopic (exact) mass is 200 g/mol. The molecule has 1 unspecified atom stereocenters. The minimum atomic E-state index is -0.0288. The fourth-order valence-electron chi connectivity index (χ4n) is 2.29. The van der Waals surface area contributed by atoms with Crippen molar-refractivity contribution in [3.05, 3.63) is 0 Å². The fraction of sp³-hybridized carbons (Fsp3) is 1.00. The topological polar surface area (TPSA) is 35.5 Å². The molecule has 0 radical (unpaired) electrons. The van der Waals surface area contributed by atoms with Crippen molar-refractivity contribution in [2.24, 2.45) is 0 Å². The van der Waals surface area contributed by atoms with E-state index in [9.17, 15) is 5.11 Å². The van der Waals surface area contributed by atoms with Crippen molar-refractivity contribution < 1.29 is 5.11 Å². The Morgan fingerprint density at radius 1 is 1.36 bits per heavy atom. The zero-order valence-electron chi connectivity index (χ0n) is 9.71. The zero-order valence-corrected chi connectivity index (χ0v) is 9.71. The molecule has 1 saturated heterocycles. The Kier molecular flexibility index (Phi) is 4.35. The van der Waals surface area contributed by atoms with Gasteiger partial charge in [-0.1, -0.05) is 13.8 Å². The smallest absolute Gasteiger partial charge is 0.0613 e. The molecule has 1 aliphatic rings. The summed E-state index contributed by atoms with van der Waals surface area (Å²) in [7, 11) is 2.16. The first-order chi connectivity index (χ1) is 6.58. The number of aliphatic hydroxyl groups excluding tert-OH is 1. The summed E-state index contributed by atoms with van der Waals surface area (Å²) in [5, 5.41) is 13.0. The fourth-order valence-corrected chi connectivity index (χ4v) is 2.29. The number of hydrogen-bond acceptors (Lipinski definition) is 3. The first-order valence-electron chi connectivity index (χ1n) is 5.65. The molecule has 1 aliphatic heterocycles. The maximum absolute atomic E-state index is 9.52. The normalized spacial score (nSPS) is 30.6. The first-order valence-corrected chi connectivity index (χ1v) is 5.65. The van der Waals surface area contributed by atoms with E-state index in [-0.39, 0.29) is 12.1 Å². The summed E-state index contributed by atoms with van der Waals surface area (Å²) < 4.78 is 0. The Hall–Kier alpha value is -0.120. The summed E-state index contributed by atoms with van der Waals surface area (Å²) in [6, 6.07) is 0.450. The highest BCUT2D eigenvalue weighted by Gasteiger charge is 2.31. The van der Waals surface area contributed by atoms with Crippen LogP contribution in [0.25, 0.3) is 0 Å². The van der Waals surface area contributed by atoms with Gasteiger partial charge in [-0.2, -0.15) is 0 Å². The van der Waals surface area contributed by atoms with E-state index >= 15 is 0 Å². The molecule has 1 heterocycles. The third-order valence-electron chi connectivity index (χ3n) is 3.06. The summed E-state index contributed by atoms with van der Waals surface area (Å²) in [4.78, 5) is 2.35. The predicted molar refractivity (Wildman–Crippen MR) is 59.4 cm³/mol. The van der Waals surface area contributed by atoms with E-state index in [1.54, 1.807) is 0 Å². The van der Waals surface area contributed by atoms with Gasteiger partial charge in [0, 0.05) is 11.6 Å². The highest BCUT2D eigenvalue weighted by Crippen LogP contribution is 2.22. The maximum Gasteiger partial charge on any atom is 0.0613 e. The van der Waals surface area contributed by atoms with E-state index in [0.29, 0.717) is 6.04 Å². The van der Waals surface area contributed by atoms with Crippen LogP contribution in [0.1, 0.15) is 33.1 Å². The molecule has 0 bridgehead atoms. The molecule has 2 N–H and O–H groups in total. The average molecular weight is 200 g/mol. The Morgan fingerprint density at radius 2 is 2.07 bits per heavy atom. The van der Waals surface area contributed by atoms with Crippen molar-refractivity contribution in [2.45, 2.75) is 44.7 Å². The highest BCUT2D eigenvalue weighted by molar-refractivity contribution is 4.91. The van der Waals surface area contributed by atoms with Gasteiger partial charge in [0.05, 0.1) is 6.61 Å². The van der Waals surface area contributed by atoms with Gasteiger partial charge >= 0.3 is 0 Å². The van der Waals surface area contributed by atoms with Crippen molar-refractivity contribution in [3.8, 4) is 0 Å². The summed E-state index contributed by atoms with van der Waals surface area (Å²) >= 11 is 0. The third-order valence-corrected chi connectivity index (χ3v) is 3.06. The second-order valence-electron chi connectivity index (χ2n) is 4.89. The number of aliphatic hydroxyl groups is 1. The van der Waals surface area contributed by atoms with Crippen molar-refractivity contribution in [1.29, 1.82) is 0 Å². The maximum atomic E-state index is 9.52. The quantitative estimate of drug-likeness (QED) is 0.708.